The summed E-state index contributed by atoms with van der Waals surface area (Å²) in [6, 6.07) is 0. The quantitative estimate of drug-likeness (QED) is 0.395. The second kappa shape index (κ2) is 5.71. The molecule has 0 aromatic heterocycles. The average molecular weight is 251 g/mol. The molecule has 17 heavy (non-hydrogen) atoms. The number of aliphatic carboxylic acids is 1. The molecular formula is C9H15O8-. The first-order chi connectivity index (χ1) is 7.88. The maximum Gasteiger partial charge on any atom is 0.187 e. The summed E-state index contributed by atoms with van der Waals surface area (Å²) in [4.78, 5) is 10.4. The third-order valence-corrected chi connectivity index (χ3v) is 2.52. The lowest BCUT2D eigenvalue weighted by molar-refractivity contribution is -0.340. The highest BCUT2D eigenvalue weighted by atomic mass is 16.7. The number of carboxylic acid groups (broad SMARTS) is 1. The number of ether oxygens (including phenoxy) is 2. The molecule has 1 rings (SSSR count). The zero-order valence-corrected chi connectivity index (χ0v) is 9.09. The normalized spacial score (nSPS) is 39.9. The van der Waals surface area contributed by atoms with Crippen LogP contribution in [-0.2, 0) is 14.3 Å². The van der Waals surface area contributed by atoms with Gasteiger partial charge in [-0.25, -0.2) is 0 Å². The summed E-state index contributed by atoms with van der Waals surface area (Å²) in [5, 5.41) is 47.6. The van der Waals surface area contributed by atoms with Crippen molar-refractivity contribution >= 4 is 5.97 Å². The minimum absolute atomic E-state index is 0.607. The molecule has 1 fully saturated rings. The molecule has 0 aliphatic carbocycles. The highest BCUT2D eigenvalue weighted by Gasteiger charge is 2.44. The van der Waals surface area contributed by atoms with E-state index >= 15 is 0 Å². The summed E-state index contributed by atoms with van der Waals surface area (Å²) in [6.45, 7) is 0.557. The van der Waals surface area contributed by atoms with Crippen LogP contribution in [0.2, 0.25) is 0 Å². The number of aliphatic hydroxyl groups is 4. The fourth-order valence-corrected chi connectivity index (χ4v) is 1.44. The van der Waals surface area contributed by atoms with Crippen LogP contribution in [0.4, 0.5) is 0 Å². The Kier molecular flexibility index (Phi) is 4.80. The van der Waals surface area contributed by atoms with E-state index in [4.69, 9.17) is 14.6 Å². The molecule has 0 aromatic carbocycles. The maximum absolute atomic E-state index is 10.4. The number of aliphatic hydroxyl groups excluding tert-OH is 4. The molecular weight excluding hydrogens is 236 g/mol. The Morgan fingerprint density at radius 3 is 2.41 bits per heavy atom. The first-order valence-corrected chi connectivity index (χ1v) is 5.05. The molecule has 6 atom stereocenters. The Hall–Kier alpha value is -0.770. The van der Waals surface area contributed by atoms with Crippen LogP contribution in [0.15, 0.2) is 0 Å². The van der Waals surface area contributed by atoms with Gasteiger partial charge in [-0.15, -0.1) is 0 Å². The van der Waals surface area contributed by atoms with Crippen molar-refractivity contribution in [1.82, 2.24) is 0 Å². The molecule has 0 spiro atoms. The molecule has 0 aromatic rings. The fraction of sp³-hybridized carbons (Fsp3) is 0.889. The average Bonchev–Trinajstić information content (AvgIpc) is 2.29. The maximum atomic E-state index is 10.4. The zero-order valence-electron chi connectivity index (χ0n) is 9.09. The molecule has 1 saturated heterocycles. The molecule has 1 heterocycles. The van der Waals surface area contributed by atoms with Gasteiger partial charge >= 0.3 is 0 Å². The Morgan fingerprint density at radius 1 is 1.35 bits per heavy atom. The molecule has 0 bridgehead atoms. The molecule has 2 unspecified atom stereocenters. The number of carbonyl (C=O) groups is 1. The molecule has 8 nitrogen and oxygen atoms in total. The number of carboxylic acids is 1. The highest BCUT2D eigenvalue weighted by molar-refractivity contribution is 5.69. The molecule has 0 amide bonds. The van der Waals surface area contributed by atoms with Gasteiger partial charge in [0.15, 0.2) is 6.29 Å². The van der Waals surface area contributed by atoms with Gasteiger partial charge in [0.2, 0.25) is 0 Å². The standard InChI is InChI=1S/C9H16O8/c1-3(8(14)15)16-9-7(13)6(12)5(11)4(2-10)17-9/h3-7,9-13H,2H2,1H3,(H,14,15)/p-1/t3-,4?,5+,6-,7?,9-/m0/s1. The second-order valence-corrected chi connectivity index (χ2v) is 3.79. The third kappa shape index (κ3) is 3.12. The van der Waals surface area contributed by atoms with Crippen molar-refractivity contribution < 1.29 is 39.8 Å². The molecule has 4 N–H and O–H groups in total. The van der Waals surface area contributed by atoms with Gasteiger partial charge in [0, 0.05) is 0 Å². The van der Waals surface area contributed by atoms with Gasteiger partial charge in [-0.3, -0.25) is 0 Å². The summed E-state index contributed by atoms with van der Waals surface area (Å²) < 4.78 is 9.73. The van der Waals surface area contributed by atoms with Crippen LogP contribution in [0.1, 0.15) is 6.92 Å². The van der Waals surface area contributed by atoms with Gasteiger partial charge in [0.1, 0.15) is 24.4 Å². The van der Waals surface area contributed by atoms with Crippen molar-refractivity contribution in [2.45, 2.75) is 43.7 Å². The Morgan fingerprint density at radius 2 is 1.94 bits per heavy atom. The van der Waals surface area contributed by atoms with Gasteiger partial charge in [-0.1, -0.05) is 0 Å². The third-order valence-electron chi connectivity index (χ3n) is 2.52. The predicted octanol–water partition coefficient (Wildman–Crippen LogP) is -4.06. The van der Waals surface area contributed by atoms with Crippen molar-refractivity contribution in [2.24, 2.45) is 0 Å². The van der Waals surface area contributed by atoms with Gasteiger partial charge in [0.25, 0.3) is 0 Å². The van der Waals surface area contributed by atoms with E-state index in [0.717, 1.165) is 6.92 Å². The summed E-state index contributed by atoms with van der Waals surface area (Å²) in [6.07, 6.45) is -8.68. The van der Waals surface area contributed by atoms with Crippen molar-refractivity contribution in [2.75, 3.05) is 6.61 Å². The molecule has 8 heteroatoms. The van der Waals surface area contributed by atoms with Crippen LogP contribution < -0.4 is 5.11 Å². The van der Waals surface area contributed by atoms with Crippen LogP contribution in [0.5, 0.6) is 0 Å². The highest BCUT2D eigenvalue weighted by Crippen LogP contribution is 2.22. The van der Waals surface area contributed by atoms with E-state index in [9.17, 15) is 25.2 Å². The van der Waals surface area contributed by atoms with Crippen LogP contribution in [0.25, 0.3) is 0 Å². The zero-order chi connectivity index (χ0) is 13.2. The second-order valence-electron chi connectivity index (χ2n) is 3.79. The Bertz CT molecular complexity index is 268. The monoisotopic (exact) mass is 251 g/mol. The summed E-state index contributed by atoms with van der Waals surface area (Å²) in [5.74, 6) is -1.51. The lowest BCUT2D eigenvalue weighted by atomic mass is 9.99. The summed E-state index contributed by atoms with van der Waals surface area (Å²) in [5.41, 5.74) is 0. The van der Waals surface area contributed by atoms with E-state index in [1.165, 1.54) is 0 Å². The van der Waals surface area contributed by atoms with Gasteiger partial charge in [-0.05, 0) is 6.92 Å². The van der Waals surface area contributed by atoms with E-state index in [1.807, 2.05) is 0 Å². The van der Waals surface area contributed by atoms with Gasteiger partial charge in [0.05, 0.1) is 18.7 Å². The van der Waals surface area contributed by atoms with Gasteiger partial charge < -0.3 is 39.8 Å². The van der Waals surface area contributed by atoms with E-state index in [0.29, 0.717) is 0 Å². The van der Waals surface area contributed by atoms with Crippen molar-refractivity contribution in [1.29, 1.82) is 0 Å². The fourth-order valence-electron chi connectivity index (χ4n) is 1.44. The molecule has 100 valence electrons. The first-order valence-electron chi connectivity index (χ1n) is 5.05. The van der Waals surface area contributed by atoms with Gasteiger partial charge in [-0.2, -0.15) is 0 Å². The number of hydrogen-bond donors (Lipinski definition) is 4. The SMILES string of the molecule is C[C@H](O[C@H]1OC(CO)[C@@H](O)[C@H](O)C1O)C(=O)[O-]. The number of rotatable bonds is 4. The van der Waals surface area contributed by atoms with Crippen LogP contribution in [0.3, 0.4) is 0 Å². The van der Waals surface area contributed by atoms with Crippen LogP contribution in [-0.4, -0.2) is 69.8 Å². The van der Waals surface area contributed by atoms with E-state index < -0.39 is 49.4 Å². The summed E-state index contributed by atoms with van der Waals surface area (Å²) in [7, 11) is 0. The minimum atomic E-state index is -1.62. The minimum Gasteiger partial charge on any atom is -0.547 e. The molecule has 1 aliphatic rings. The van der Waals surface area contributed by atoms with E-state index in [-0.39, 0.29) is 0 Å². The van der Waals surface area contributed by atoms with E-state index in [2.05, 4.69) is 0 Å². The topological polar surface area (TPSA) is 140 Å². The smallest absolute Gasteiger partial charge is 0.187 e. The largest absolute Gasteiger partial charge is 0.547 e. The predicted molar refractivity (Wildman–Crippen MR) is 49.3 cm³/mol. The van der Waals surface area contributed by atoms with Crippen LogP contribution >= 0.6 is 0 Å². The lowest BCUT2D eigenvalue weighted by Gasteiger charge is -2.40. The van der Waals surface area contributed by atoms with Crippen molar-refractivity contribution in [3.8, 4) is 0 Å². The Labute approximate surface area is 97.0 Å². The van der Waals surface area contributed by atoms with Crippen molar-refractivity contribution in [3.05, 3.63) is 0 Å². The Balaban J connectivity index is 2.68. The lowest BCUT2D eigenvalue weighted by Crippen LogP contribution is -2.60. The first kappa shape index (κ1) is 14.3. The summed E-state index contributed by atoms with van der Waals surface area (Å²) >= 11 is 0. The molecule has 0 radical (unpaired) electrons. The van der Waals surface area contributed by atoms with E-state index in [1.54, 1.807) is 0 Å². The number of carbonyl (C=O) groups excluding carboxylic acids is 1. The molecule has 0 saturated carbocycles. The van der Waals surface area contributed by atoms with Crippen molar-refractivity contribution in [3.63, 3.8) is 0 Å². The van der Waals surface area contributed by atoms with Crippen LogP contribution in [0, 0.1) is 0 Å². The number of hydrogen-bond acceptors (Lipinski definition) is 8. The molecule has 1 aliphatic heterocycles.